The second-order valence-corrected chi connectivity index (χ2v) is 8.27. The van der Waals surface area contributed by atoms with Crippen LogP contribution in [0.3, 0.4) is 0 Å². The quantitative estimate of drug-likeness (QED) is 0.387. The molecular weight excluding hydrogens is 440 g/mol. The molecule has 176 valence electrons. The summed E-state index contributed by atoms with van der Waals surface area (Å²) in [4.78, 5) is 25.5. The first-order valence-electron chi connectivity index (χ1n) is 11.3. The van der Waals surface area contributed by atoms with Gasteiger partial charge in [-0.15, -0.1) is 0 Å². The molecule has 2 aromatic carbocycles. The highest BCUT2D eigenvalue weighted by atomic mass is 16.2. The van der Waals surface area contributed by atoms with Crippen molar-refractivity contribution >= 4 is 11.7 Å². The number of carbonyl (C=O) groups excluding carboxylic acids is 1. The van der Waals surface area contributed by atoms with Crippen molar-refractivity contribution in [1.29, 1.82) is 5.26 Å². The minimum atomic E-state index is -0.427. The lowest BCUT2D eigenvalue weighted by Crippen LogP contribution is -2.33. The van der Waals surface area contributed by atoms with E-state index in [0.29, 0.717) is 37.2 Å². The zero-order valence-corrected chi connectivity index (χ0v) is 19.4. The Balaban J connectivity index is 1.39. The molecule has 0 aliphatic rings. The number of amides is 1. The maximum absolute atomic E-state index is 12.9. The molecule has 0 unspecified atom stereocenters. The van der Waals surface area contributed by atoms with Crippen LogP contribution in [-0.4, -0.2) is 26.8 Å². The number of nitriles is 1. The Morgan fingerprint density at radius 2 is 1.91 bits per heavy atom. The highest BCUT2D eigenvalue weighted by Crippen LogP contribution is 2.21. The number of hydrogen-bond acceptors (Lipinski definition) is 5. The van der Waals surface area contributed by atoms with Gasteiger partial charge in [-0.2, -0.15) is 10.4 Å². The van der Waals surface area contributed by atoms with E-state index in [2.05, 4.69) is 16.5 Å². The number of hydrogen-bond donors (Lipinski definition) is 2. The van der Waals surface area contributed by atoms with Crippen molar-refractivity contribution in [2.24, 2.45) is 0 Å². The first kappa shape index (κ1) is 23.5. The van der Waals surface area contributed by atoms with Crippen molar-refractivity contribution < 1.29 is 4.79 Å². The summed E-state index contributed by atoms with van der Waals surface area (Å²) in [5, 5.41) is 16.8. The molecule has 3 N–H and O–H groups in total. The van der Waals surface area contributed by atoms with Gasteiger partial charge in [-0.05, 0) is 49.6 Å². The summed E-state index contributed by atoms with van der Waals surface area (Å²) in [6, 6.07) is 22.6. The van der Waals surface area contributed by atoms with Gasteiger partial charge >= 0.3 is 0 Å². The molecule has 0 radical (unpaired) electrons. The molecule has 1 amide bonds. The topological polar surface area (TPSA) is 119 Å². The number of para-hydroxylation sites is 1. The first-order valence-corrected chi connectivity index (χ1v) is 11.3. The Morgan fingerprint density at radius 1 is 1.11 bits per heavy atom. The predicted molar refractivity (Wildman–Crippen MR) is 134 cm³/mol. The highest BCUT2D eigenvalue weighted by molar-refractivity contribution is 5.93. The summed E-state index contributed by atoms with van der Waals surface area (Å²) in [5.41, 5.74) is 9.68. The second-order valence-electron chi connectivity index (χ2n) is 8.27. The average molecular weight is 467 g/mol. The molecule has 0 spiro atoms. The Kier molecular flexibility index (Phi) is 7.07. The van der Waals surface area contributed by atoms with Gasteiger partial charge in [-0.25, -0.2) is 4.68 Å². The lowest BCUT2D eigenvalue weighted by Gasteiger charge is -2.09. The summed E-state index contributed by atoms with van der Waals surface area (Å²) in [6.07, 6.45) is 2.67. The third-order valence-electron chi connectivity index (χ3n) is 5.68. The smallest absolute Gasteiger partial charge is 0.263 e. The van der Waals surface area contributed by atoms with Crippen LogP contribution in [0.5, 0.6) is 0 Å². The van der Waals surface area contributed by atoms with Crippen LogP contribution < -0.4 is 16.6 Å². The fourth-order valence-electron chi connectivity index (χ4n) is 3.94. The van der Waals surface area contributed by atoms with E-state index in [9.17, 15) is 14.9 Å². The number of aryl methyl sites for hydroxylation is 2. The lowest BCUT2D eigenvalue weighted by molar-refractivity contribution is 0.0951. The Morgan fingerprint density at radius 3 is 2.66 bits per heavy atom. The molecule has 8 nitrogen and oxygen atoms in total. The molecule has 4 aromatic rings. The van der Waals surface area contributed by atoms with E-state index in [1.165, 1.54) is 10.6 Å². The largest absolute Gasteiger partial charge is 0.382 e. The number of nitrogens with zero attached hydrogens (tertiary/aromatic N) is 4. The SMILES string of the molecule is Cc1cccc(Cn2cccc(C(=O)NCCCc3nn(-c4ccccc4)c(N)c3C#N)c2=O)c1. The first-order chi connectivity index (χ1) is 17.0. The second kappa shape index (κ2) is 10.5. The summed E-state index contributed by atoms with van der Waals surface area (Å²) >= 11 is 0. The minimum Gasteiger partial charge on any atom is -0.382 e. The number of nitrogens with one attached hydrogen (secondary N) is 1. The normalized spacial score (nSPS) is 10.6. The number of nitrogens with two attached hydrogens (primary N) is 1. The molecule has 35 heavy (non-hydrogen) atoms. The highest BCUT2D eigenvalue weighted by Gasteiger charge is 2.17. The number of benzene rings is 2. The molecular formula is C27H26N6O2. The van der Waals surface area contributed by atoms with Crippen LogP contribution in [0.4, 0.5) is 5.82 Å². The van der Waals surface area contributed by atoms with Gasteiger partial charge in [0.05, 0.1) is 17.9 Å². The van der Waals surface area contributed by atoms with Crippen LogP contribution >= 0.6 is 0 Å². The van der Waals surface area contributed by atoms with Crippen LogP contribution in [0.25, 0.3) is 5.69 Å². The van der Waals surface area contributed by atoms with E-state index in [4.69, 9.17) is 5.73 Å². The molecule has 0 aliphatic heterocycles. The van der Waals surface area contributed by atoms with E-state index < -0.39 is 5.91 Å². The van der Waals surface area contributed by atoms with Crippen molar-refractivity contribution in [3.8, 4) is 11.8 Å². The van der Waals surface area contributed by atoms with E-state index in [1.54, 1.807) is 16.9 Å². The standard InChI is InChI=1S/C27H26N6O2/c1-19-8-5-9-20(16-19)18-32-15-7-12-22(27(32)35)26(34)30-14-6-13-24-23(17-28)25(29)33(31-24)21-10-3-2-4-11-21/h2-5,7-12,15-16H,6,13-14,18,29H2,1H3,(H,30,34). The summed E-state index contributed by atoms with van der Waals surface area (Å²) < 4.78 is 3.08. The molecule has 0 aliphatic carbocycles. The molecule has 2 heterocycles. The van der Waals surface area contributed by atoms with Gasteiger partial charge in [0.1, 0.15) is 23.0 Å². The van der Waals surface area contributed by atoms with Crippen molar-refractivity contribution in [3.63, 3.8) is 0 Å². The van der Waals surface area contributed by atoms with Gasteiger partial charge in [0.15, 0.2) is 0 Å². The van der Waals surface area contributed by atoms with Crippen LogP contribution in [0.1, 0.15) is 39.2 Å². The van der Waals surface area contributed by atoms with E-state index >= 15 is 0 Å². The molecule has 4 rings (SSSR count). The van der Waals surface area contributed by atoms with Crippen LogP contribution in [0, 0.1) is 18.3 Å². The molecule has 2 aromatic heterocycles. The van der Waals surface area contributed by atoms with E-state index in [-0.39, 0.29) is 16.9 Å². The van der Waals surface area contributed by atoms with E-state index in [0.717, 1.165) is 16.8 Å². The maximum atomic E-state index is 12.9. The van der Waals surface area contributed by atoms with Gasteiger partial charge in [0.2, 0.25) is 0 Å². The minimum absolute atomic E-state index is 0.0930. The summed E-state index contributed by atoms with van der Waals surface area (Å²) in [5.74, 6) is -0.139. The van der Waals surface area contributed by atoms with Gasteiger partial charge in [-0.3, -0.25) is 9.59 Å². The maximum Gasteiger partial charge on any atom is 0.263 e. The molecule has 0 atom stereocenters. The predicted octanol–water partition coefficient (Wildman–Crippen LogP) is 3.21. The van der Waals surface area contributed by atoms with Crippen molar-refractivity contribution in [2.45, 2.75) is 26.3 Å². The fraction of sp³-hybridized carbons (Fsp3) is 0.185. The number of pyridine rings is 1. The third-order valence-corrected chi connectivity index (χ3v) is 5.68. The number of aromatic nitrogens is 3. The lowest BCUT2D eigenvalue weighted by atomic mass is 10.1. The zero-order chi connectivity index (χ0) is 24.8. The zero-order valence-electron chi connectivity index (χ0n) is 19.4. The van der Waals surface area contributed by atoms with Gasteiger partial charge in [0, 0.05) is 12.7 Å². The van der Waals surface area contributed by atoms with Gasteiger partial charge in [-0.1, -0.05) is 48.0 Å². The number of carbonyl (C=O) groups is 1. The number of nitrogen functional groups attached to an aromatic ring is 1. The average Bonchev–Trinajstić information content (AvgIpc) is 3.18. The monoisotopic (exact) mass is 466 g/mol. The van der Waals surface area contributed by atoms with Crippen LogP contribution in [0.2, 0.25) is 0 Å². The fourth-order valence-corrected chi connectivity index (χ4v) is 3.94. The molecule has 0 bridgehead atoms. The van der Waals surface area contributed by atoms with Crippen molar-refractivity contribution in [1.82, 2.24) is 19.7 Å². The van der Waals surface area contributed by atoms with Crippen molar-refractivity contribution in [3.05, 3.63) is 111 Å². The summed E-state index contributed by atoms with van der Waals surface area (Å²) in [7, 11) is 0. The Hall–Kier alpha value is -4.64. The molecule has 0 saturated carbocycles. The molecule has 0 fully saturated rings. The van der Waals surface area contributed by atoms with Crippen LogP contribution in [0.15, 0.2) is 77.7 Å². The van der Waals surface area contributed by atoms with Gasteiger partial charge in [0.25, 0.3) is 11.5 Å². The third kappa shape index (κ3) is 5.31. The molecule has 0 saturated heterocycles. The van der Waals surface area contributed by atoms with Crippen LogP contribution in [-0.2, 0) is 13.0 Å². The van der Waals surface area contributed by atoms with E-state index in [1.807, 2.05) is 61.5 Å². The number of rotatable bonds is 8. The Labute approximate surface area is 203 Å². The number of anilines is 1. The summed E-state index contributed by atoms with van der Waals surface area (Å²) in [6.45, 7) is 2.72. The van der Waals surface area contributed by atoms with Crippen molar-refractivity contribution in [2.75, 3.05) is 12.3 Å². The molecule has 8 heteroatoms. The van der Waals surface area contributed by atoms with Gasteiger partial charge < -0.3 is 15.6 Å². The Bertz CT molecular complexity index is 1450.